The van der Waals surface area contributed by atoms with Gasteiger partial charge in [0.15, 0.2) is 0 Å². The van der Waals surface area contributed by atoms with Gasteiger partial charge < -0.3 is 4.90 Å². The van der Waals surface area contributed by atoms with Crippen molar-refractivity contribution in [3.63, 3.8) is 0 Å². The molecule has 17 heavy (non-hydrogen) atoms. The largest absolute Gasteiger partial charge is 0.337 e. The van der Waals surface area contributed by atoms with Crippen molar-refractivity contribution in [2.75, 3.05) is 7.05 Å². The van der Waals surface area contributed by atoms with Crippen LogP contribution in [0.4, 0.5) is 0 Å². The quantitative estimate of drug-likeness (QED) is 0.816. The van der Waals surface area contributed by atoms with Gasteiger partial charge in [-0.3, -0.25) is 4.79 Å². The molecule has 0 saturated carbocycles. The molecule has 0 fully saturated rings. The van der Waals surface area contributed by atoms with E-state index in [1.54, 1.807) is 41.6 Å². The van der Waals surface area contributed by atoms with Crippen LogP contribution >= 0.6 is 27.3 Å². The predicted molar refractivity (Wildman–Crippen MR) is 72.1 cm³/mol. The Bertz CT molecular complexity index is 496. The van der Waals surface area contributed by atoms with Crippen LogP contribution in [-0.4, -0.2) is 22.8 Å². The molecule has 0 aromatic carbocycles. The number of thiophene rings is 1. The summed E-state index contributed by atoms with van der Waals surface area (Å²) in [5, 5.41) is 4.05. The smallest absolute Gasteiger partial charge is 0.255 e. The van der Waals surface area contributed by atoms with Crippen molar-refractivity contribution >= 4 is 33.2 Å². The van der Waals surface area contributed by atoms with Gasteiger partial charge in [-0.25, -0.2) is 4.98 Å². The molecule has 0 bridgehead atoms. The maximum absolute atomic E-state index is 12.1. The third-order valence-electron chi connectivity index (χ3n) is 2.32. The van der Waals surface area contributed by atoms with E-state index < -0.39 is 0 Å². The average Bonchev–Trinajstić information content (AvgIpc) is 2.82. The van der Waals surface area contributed by atoms with E-state index >= 15 is 0 Å². The lowest BCUT2D eigenvalue weighted by molar-refractivity contribution is 0.0785. The van der Waals surface area contributed by atoms with Crippen LogP contribution in [0.5, 0.6) is 0 Å². The zero-order valence-electron chi connectivity index (χ0n) is 9.26. The number of pyridine rings is 1. The first-order valence-corrected chi connectivity index (χ1v) is 6.78. The maximum atomic E-state index is 12.1. The lowest BCUT2D eigenvalue weighted by atomic mass is 10.2. The zero-order valence-corrected chi connectivity index (χ0v) is 11.7. The fraction of sp³-hybridized carbons (Fsp3) is 0.167. The molecule has 1 amide bonds. The number of hydrogen-bond donors (Lipinski definition) is 0. The van der Waals surface area contributed by atoms with Crippen LogP contribution in [0.1, 0.15) is 15.9 Å². The van der Waals surface area contributed by atoms with E-state index in [2.05, 4.69) is 20.9 Å². The topological polar surface area (TPSA) is 33.2 Å². The molecule has 2 aromatic heterocycles. The average molecular weight is 311 g/mol. The van der Waals surface area contributed by atoms with E-state index in [9.17, 15) is 4.79 Å². The number of nitrogens with zero attached hydrogens (tertiary/aromatic N) is 2. The highest BCUT2D eigenvalue weighted by Crippen LogP contribution is 2.12. The standard InChI is InChI=1S/C12H11BrN2OS/c1-15(7-9-4-5-17-8-9)12(16)10-2-3-11(13)14-6-10/h2-6,8H,7H2,1H3. The summed E-state index contributed by atoms with van der Waals surface area (Å²) >= 11 is 4.88. The number of rotatable bonds is 3. The first-order chi connectivity index (χ1) is 8.16. The van der Waals surface area contributed by atoms with Crippen molar-refractivity contribution in [1.29, 1.82) is 0 Å². The molecule has 5 heteroatoms. The lowest BCUT2D eigenvalue weighted by Gasteiger charge is -2.16. The van der Waals surface area contributed by atoms with Gasteiger partial charge in [-0.1, -0.05) is 0 Å². The van der Waals surface area contributed by atoms with Gasteiger partial charge >= 0.3 is 0 Å². The molecule has 0 aliphatic carbocycles. The van der Waals surface area contributed by atoms with Crippen LogP contribution in [0.3, 0.4) is 0 Å². The van der Waals surface area contributed by atoms with Crippen LogP contribution in [0, 0.1) is 0 Å². The summed E-state index contributed by atoms with van der Waals surface area (Å²) in [5.41, 5.74) is 1.75. The molecule has 2 aromatic rings. The van der Waals surface area contributed by atoms with Gasteiger partial charge in [-0.2, -0.15) is 11.3 Å². The number of hydrogen-bond acceptors (Lipinski definition) is 3. The van der Waals surface area contributed by atoms with Gasteiger partial charge in [0.2, 0.25) is 0 Å². The first kappa shape index (κ1) is 12.3. The van der Waals surface area contributed by atoms with Gasteiger partial charge in [0.1, 0.15) is 4.60 Å². The first-order valence-electron chi connectivity index (χ1n) is 5.05. The second-order valence-electron chi connectivity index (χ2n) is 3.66. The molecule has 0 aliphatic rings. The minimum Gasteiger partial charge on any atom is -0.337 e. The highest BCUT2D eigenvalue weighted by Gasteiger charge is 2.12. The molecule has 0 aliphatic heterocycles. The van der Waals surface area contributed by atoms with Crippen molar-refractivity contribution in [1.82, 2.24) is 9.88 Å². The second kappa shape index (κ2) is 5.42. The number of halogens is 1. The molecule has 2 heterocycles. The molecule has 0 unspecified atom stereocenters. The molecule has 3 nitrogen and oxygen atoms in total. The zero-order chi connectivity index (χ0) is 12.3. The van der Waals surface area contributed by atoms with Crippen molar-refractivity contribution in [3.8, 4) is 0 Å². The van der Waals surface area contributed by atoms with Gasteiger partial charge in [0.05, 0.1) is 5.56 Å². The normalized spacial score (nSPS) is 10.2. The van der Waals surface area contributed by atoms with Gasteiger partial charge in [0, 0.05) is 19.8 Å². The van der Waals surface area contributed by atoms with Crippen molar-refractivity contribution < 1.29 is 4.79 Å². The summed E-state index contributed by atoms with van der Waals surface area (Å²) in [5.74, 6) is -0.0174. The monoisotopic (exact) mass is 310 g/mol. The fourth-order valence-corrected chi connectivity index (χ4v) is 2.35. The summed E-state index contributed by atoms with van der Waals surface area (Å²) in [6.07, 6.45) is 1.58. The van der Waals surface area contributed by atoms with Crippen LogP contribution in [0.15, 0.2) is 39.8 Å². The molecule has 0 N–H and O–H groups in total. The Labute approximate surface area is 112 Å². The molecule has 2 rings (SSSR count). The summed E-state index contributed by atoms with van der Waals surface area (Å²) in [7, 11) is 1.79. The fourth-order valence-electron chi connectivity index (χ4n) is 1.45. The number of carbonyl (C=O) groups is 1. The van der Waals surface area contributed by atoms with Crippen LogP contribution in [-0.2, 0) is 6.54 Å². The second-order valence-corrected chi connectivity index (χ2v) is 5.25. The Morgan fingerprint density at radius 2 is 2.29 bits per heavy atom. The summed E-state index contributed by atoms with van der Waals surface area (Å²) in [6.45, 7) is 0.623. The maximum Gasteiger partial charge on any atom is 0.255 e. The van der Waals surface area contributed by atoms with Gasteiger partial charge in [0.25, 0.3) is 5.91 Å². The minimum atomic E-state index is -0.0174. The van der Waals surface area contributed by atoms with E-state index in [1.807, 2.05) is 16.8 Å². The molecular formula is C12H11BrN2OS. The molecule has 88 valence electrons. The van der Waals surface area contributed by atoms with E-state index in [0.717, 1.165) is 10.2 Å². The van der Waals surface area contributed by atoms with E-state index in [0.29, 0.717) is 12.1 Å². The Kier molecular flexibility index (Phi) is 3.91. The SMILES string of the molecule is CN(Cc1ccsc1)C(=O)c1ccc(Br)nc1. The minimum absolute atomic E-state index is 0.0174. The third-order valence-corrected chi connectivity index (χ3v) is 3.52. The molecule has 0 atom stereocenters. The van der Waals surface area contributed by atoms with Crippen molar-refractivity contribution in [2.45, 2.75) is 6.54 Å². The van der Waals surface area contributed by atoms with Gasteiger partial charge in [-0.15, -0.1) is 0 Å². The Hall–Kier alpha value is -1.20. The Morgan fingerprint density at radius 1 is 1.47 bits per heavy atom. The number of amides is 1. The van der Waals surface area contributed by atoms with Crippen LogP contribution in [0.25, 0.3) is 0 Å². The number of aromatic nitrogens is 1. The van der Waals surface area contributed by atoms with Crippen LogP contribution < -0.4 is 0 Å². The van der Waals surface area contributed by atoms with Crippen molar-refractivity contribution in [2.24, 2.45) is 0 Å². The summed E-state index contributed by atoms with van der Waals surface area (Å²) in [4.78, 5) is 17.8. The summed E-state index contributed by atoms with van der Waals surface area (Å²) in [6, 6.07) is 5.56. The van der Waals surface area contributed by atoms with E-state index in [1.165, 1.54) is 0 Å². The molecule has 0 radical (unpaired) electrons. The highest BCUT2D eigenvalue weighted by molar-refractivity contribution is 9.10. The third kappa shape index (κ3) is 3.14. The van der Waals surface area contributed by atoms with E-state index in [-0.39, 0.29) is 5.91 Å². The lowest BCUT2D eigenvalue weighted by Crippen LogP contribution is -2.26. The molecular weight excluding hydrogens is 300 g/mol. The van der Waals surface area contributed by atoms with Gasteiger partial charge in [-0.05, 0) is 50.5 Å². The predicted octanol–water partition coefficient (Wildman–Crippen LogP) is 3.18. The van der Waals surface area contributed by atoms with Crippen molar-refractivity contribution in [3.05, 3.63) is 50.9 Å². The molecule has 0 saturated heterocycles. The Morgan fingerprint density at radius 3 is 2.88 bits per heavy atom. The highest BCUT2D eigenvalue weighted by atomic mass is 79.9. The summed E-state index contributed by atoms with van der Waals surface area (Å²) < 4.78 is 0.731. The Balaban J connectivity index is 2.07. The number of carbonyl (C=O) groups excluding carboxylic acids is 1. The van der Waals surface area contributed by atoms with Crippen LogP contribution in [0.2, 0.25) is 0 Å². The molecule has 0 spiro atoms. The van der Waals surface area contributed by atoms with E-state index in [4.69, 9.17) is 0 Å².